The van der Waals surface area contributed by atoms with Gasteiger partial charge in [0, 0.05) is 17.1 Å². The summed E-state index contributed by atoms with van der Waals surface area (Å²) < 4.78 is 0. The van der Waals surface area contributed by atoms with Crippen molar-refractivity contribution in [1.29, 1.82) is 0 Å². The molecular formula is C22H18N4O. The molecule has 0 radical (unpaired) electrons. The molecule has 1 amide bonds. The largest absolute Gasteiger partial charge is 0.306 e. The van der Waals surface area contributed by atoms with Crippen LogP contribution in [0, 0.1) is 13.8 Å². The minimum absolute atomic E-state index is 0.255. The van der Waals surface area contributed by atoms with Crippen LogP contribution < -0.4 is 5.32 Å². The molecule has 2 aromatic heterocycles. The van der Waals surface area contributed by atoms with Gasteiger partial charge < -0.3 is 5.32 Å². The lowest BCUT2D eigenvalue weighted by molar-refractivity contribution is 0.102. The van der Waals surface area contributed by atoms with E-state index in [1.165, 1.54) is 0 Å². The van der Waals surface area contributed by atoms with Gasteiger partial charge in [-0.2, -0.15) is 0 Å². The second kappa shape index (κ2) is 6.96. The fourth-order valence-electron chi connectivity index (χ4n) is 2.98. The molecule has 0 bridgehead atoms. The number of fused-ring (bicyclic) bond motifs is 1. The summed E-state index contributed by atoms with van der Waals surface area (Å²) in [4.78, 5) is 17.4. The summed E-state index contributed by atoms with van der Waals surface area (Å²) in [7, 11) is 0. The number of hydrogen-bond acceptors (Lipinski definition) is 4. The minimum Gasteiger partial charge on any atom is -0.306 e. The molecule has 0 saturated carbocycles. The van der Waals surface area contributed by atoms with Crippen molar-refractivity contribution < 1.29 is 4.79 Å². The monoisotopic (exact) mass is 354 g/mol. The molecule has 0 aliphatic carbocycles. The van der Waals surface area contributed by atoms with E-state index < -0.39 is 0 Å². The maximum Gasteiger partial charge on any atom is 0.259 e. The molecule has 0 aliphatic heterocycles. The number of aromatic nitrogens is 3. The first-order chi connectivity index (χ1) is 13.1. The van der Waals surface area contributed by atoms with E-state index >= 15 is 0 Å². The highest BCUT2D eigenvalue weighted by Crippen LogP contribution is 2.28. The lowest BCUT2D eigenvalue weighted by Gasteiger charge is -2.12. The molecule has 4 rings (SSSR count). The zero-order chi connectivity index (χ0) is 18.8. The molecule has 132 valence electrons. The maximum absolute atomic E-state index is 13.2. The first kappa shape index (κ1) is 16.8. The van der Waals surface area contributed by atoms with E-state index in [0.29, 0.717) is 22.6 Å². The fraction of sp³-hybridized carbons (Fsp3) is 0.0909. The van der Waals surface area contributed by atoms with Gasteiger partial charge in [0.2, 0.25) is 0 Å². The molecule has 0 saturated heterocycles. The highest BCUT2D eigenvalue weighted by molar-refractivity contribution is 6.15. The number of carbonyl (C=O) groups excluding carboxylic acids is 1. The van der Waals surface area contributed by atoms with E-state index in [-0.39, 0.29) is 5.91 Å². The Morgan fingerprint density at radius 2 is 1.67 bits per heavy atom. The Hall–Kier alpha value is -3.60. The summed E-state index contributed by atoms with van der Waals surface area (Å²) in [5.74, 6) is 0.255. The van der Waals surface area contributed by atoms with Crippen LogP contribution in [-0.2, 0) is 0 Å². The van der Waals surface area contributed by atoms with Gasteiger partial charge in [0.1, 0.15) is 11.5 Å². The maximum atomic E-state index is 13.2. The minimum atomic E-state index is -0.255. The molecule has 0 aliphatic rings. The standard InChI is InChI=1S/C22H18N4O/c1-14-7-9-16(10-8-14)21-20(17-5-3-4-6-18(17)25-26-21)22(27)24-19-13-15(2)11-12-23-19/h3-13H,1-2H3,(H,23,24,27). The van der Waals surface area contributed by atoms with E-state index in [1.807, 2.05) is 74.5 Å². The third-order valence-electron chi connectivity index (χ3n) is 4.38. The van der Waals surface area contributed by atoms with E-state index in [0.717, 1.165) is 22.1 Å². The number of nitrogens with one attached hydrogen (secondary N) is 1. The number of benzene rings is 2. The quantitative estimate of drug-likeness (QED) is 0.585. The SMILES string of the molecule is Cc1ccc(-c2nnc3ccccc3c2C(=O)Nc2cc(C)ccn2)cc1. The Labute approximate surface area is 157 Å². The van der Waals surface area contributed by atoms with Crippen LogP contribution in [0.5, 0.6) is 0 Å². The Morgan fingerprint density at radius 1 is 0.889 bits per heavy atom. The van der Waals surface area contributed by atoms with E-state index in [2.05, 4.69) is 20.5 Å². The molecule has 5 nitrogen and oxygen atoms in total. The van der Waals surface area contributed by atoms with E-state index in [4.69, 9.17) is 0 Å². The molecule has 5 heteroatoms. The van der Waals surface area contributed by atoms with Crippen molar-refractivity contribution in [3.63, 3.8) is 0 Å². The van der Waals surface area contributed by atoms with Crippen molar-refractivity contribution in [1.82, 2.24) is 15.2 Å². The number of anilines is 1. The van der Waals surface area contributed by atoms with Crippen molar-refractivity contribution in [2.75, 3.05) is 5.32 Å². The van der Waals surface area contributed by atoms with Gasteiger partial charge in [-0.05, 0) is 37.6 Å². The first-order valence-corrected chi connectivity index (χ1v) is 8.68. The molecule has 27 heavy (non-hydrogen) atoms. The Morgan fingerprint density at radius 3 is 2.44 bits per heavy atom. The van der Waals surface area contributed by atoms with Gasteiger partial charge >= 0.3 is 0 Å². The van der Waals surface area contributed by atoms with Crippen LogP contribution in [0.4, 0.5) is 5.82 Å². The van der Waals surface area contributed by atoms with Crippen LogP contribution in [0.25, 0.3) is 22.2 Å². The molecule has 1 N–H and O–H groups in total. The van der Waals surface area contributed by atoms with Crippen molar-refractivity contribution >= 4 is 22.6 Å². The van der Waals surface area contributed by atoms with Gasteiger partial charge in [0.05, 0.1) is 11.1 Å². The van der Waals surface area contributed by atoms with Crippen LogP contribution in [0.15, 0.2) is 66.9 Å². The van der Waals surface area contributed by atoms with Crippen molar-refractivity contribution in [2.45, 2.75) is 13.8 Å². The number of carbonyl (C=O) groups is 1. The highest BCUT2D eigenvalue weighted by Gasteiger charge is 2.19. The van der Waals surface area contributed by atoms with Gasteiger partial charge in [0.15, 0.2) is 0 Å². The molecular weight excluding hydrogens is 336 g/mol. The van der Waals surface area contributed by atoms with Crippen molar-refractivity contribution in [3.05, 3.63) is 83.6 Å². The lowest BCUT2D eigenvalue weighted by Crippen LogP contribution is -2.16. The van der Waals surface area contributed by atoms with Crippen LogP contribution in [-0.4, -0.2) is 21.1 Å². The Kier molecular flexibility index (Phi) is 4.34. The number of pyridine rings is 1. The first-order valence-electron chi connectivity index (χ1n) is 8.68. The second-order valence-corrected chi connectivity index (χ2v) is 6.48. The molecule has 0 spiro atoms. The lowest BCUT2D eigenvalue weighted by atomic mass is 10.0. The number of nitrogens with zero attached hydrogens (tertiary/aromatic N) is 3. The topological polar surface area (TPSA) is 67.8 Å². The summed E-state index contributed by atoms with van der Waals surface area (Å²) in [5.41, 5.74) is 4.74. The smallest absolute Gasteiger partial charge is 0.259 e. The molecule has 4 aromatic rings. The van der Waals surface area contributed by atoms with E-state index in [1.54, 1.807) is 6.20 Å². The highest BCUT2D eigenvalue weighted by atomic mass is 16.1. The second-order valence-electron chi connectivity index (χ2n) is 6.48. The molecule has 0 unspecified atom stereocenters. The molecule has 0 fully saturated rings. The summed E-state index contributed by atoms with van der Waals surface area (Å²) in [6.07, 6.45) is 1.68. The van der Waals surface area contributed by atoms with Gasteiger partial charge in [-0.1, -0.05) is 48.0 Å². The molecule has 2 aromatic carbocycles. The number of hydrogen-bond donors (Lipinski definition) is 1. The van der Waals surface area contributed by atoms with Crippen LogP contribution >= 0.6 is 0 Å². The number of rotatable bonds is 3. The number of aryl methyl sites for hydroxylation is 2. The third-order valence-corrected chi connectivity index (χ3v) is 4.38. The predicted molar refractivity (Wildman–Crippen MR) is 107 cm³/mol. The Balaban J connectivity index is 1.87. The van der Waals surface area contributed by atoms with Crippen molar-refractivity contribution in [2.24, 2.45) is 0 Å². The predicted octanol–water partition coefficient (Wildman–Crippen LogP) is 4.56. The Bertz CT molecular complexity index is 1140. The average Bonchev–Trinajstić information content (AvgIpc) is 2.67. The van der Waals surface area contributed by atoms with Crippen LogP contribution in [0.1, 0.15) is 21.5 Å². The fourth-order valence-corrected chi connectivity index (χ4v) is 2.98. The summed E-state index contributed by atoms with van der Waals surface area (Å²) in [6.45, 7) is 3.98. The normalized spacial score (nSPS) is 10.7. The zero-order valence-electron chi connectivity index (χ0n) is 15.1. The van der Waals surface area contributed by atoms with Crippen molar-refractivity contribution in [3.8, 4) is 11.3 Å². The van der Waals surface area contributed by atoms with E-state index in [9.17, 15) is 4.79 Å². The molecule has 0 atom stereocenters. The van der Waals surface area contributed by atoms with Gasteiger partial charge in [-0.25, -0.2) is 4.98 Å². The number of amides is 1. The summed E-state index contributed by atoms with van der Waals surface area (Å²) in [6, 6.07) is 19.1. The molecule has 2 heterocycles. The zero-order valence-corrected chi connectivity index (χ0v) is 15.1. The van der Waals surface area contributed by atoms with Gasteiger partial charge in [-0.15, -0.1) is 10.2 Å². The van der Waals surface area contributed by atoms with Gasteiger partial charge in [-0.3, -0.25) is 4.79 Å². The van der Waals surface area contributed by atoms with Crippen LogP contribution in [0.2, 0.25) is 0 Å². The summed E-state index contributed by atoms with van der Waals surface area (Å²) >= 11 is 0. The van der Waals surface area contributed by atoms with Crippen LogP contribution in [0.3, 0.4) is 0 Å². The summed E-state index contributed by atoms with van der Waals surface area (Å²) in [5, 5.41) is 12.3. The van der Waals surface area contributed by atoms with Gasteiger partial charge in [0.25, 0.3) is 5.91 Å². The average molecular weight is 354 g/mol. The third kappa shape index (κ3) is 3.40.